The first kappa shape index (κ1) is 16.3. The van der Waals surface area contributed by atoms with Gasteiger partial charge < -0.3 is 5.32 Å². The van der Waals surface area contributed by atoms with Crippen molar-refractivity contribution in [3.63, 3.8) is 0 Å². The molecule has 0 aromatic heterocycles. The highest BCUT2D eigenvalue weighted by Crippen LogP contribution is 2.32. The standard InChI is InChI=1S/C16H21F4N/c1-11-3-2-4-13(7-5-11)21-10-12-6-8-15(17)14(9-12)16(18,19)20/h6,8-9,11,13,21H,2-5,7,10H2,1H3. The molecule has 2 unspecified atom stereocenters. The van der Waals surface area contributed by atoms with Gasteiger partial charge in [-0.2, -0.15) is 13.2 Å². The number of nitrogens with one attached hydrogen (secondary N) is 1. The first-order valence-corrected chi connectivity index (χ1v) is 7.45. The lowest BCUT2D eigenvalue weighted by molar-refractivity contribution is -0.140. The molecule has 0 saturated heterocycles. The Kier molecular flexibility index (Phi) is 5.25. The lowest BCUT2D eigenvalue weighted by Gasteiger charge is -2.17. The van der Waals surface area contributed by atoms with Crippen molar-refractivity contribution in [2.24, 2.45) is 5.92 Å². The van der Waals surface area contributed by atoms with Crippen LogP contribution in [0.5, 0.6) is 0 Å². The SMILES string of the molecule is CC1CCCC(NCc2ccc(F)c(C(F)(F)F)c2)CC1. The Morgan fingerprint density at radius 3 is 2.62 bits per heavy atom. The second-order valence-corrected chi connectivity index (χ2v) is 6.00. The van der Waals surface area contributed by atoms with Gasteiger partial charge in [0.2, 0.25) is 0 Å². The lowest BCUT2D eigenvalue weighted by atomic mass is 10.0. The minimum Gasteiger partial charge on any atom is -0.310 e. The van der Waals surface area contributed by atoms with E-state index in [1.165, 1.54) is 12.5 Å². The van der Waals surface area contributed by atoms with E-state index in [0.717, 1.165) is 43.7 Å². The molecule has 0 spiro atoms. The second-order valence-electron chi connectivity index (χ2n) is 6.00. The topological polar surface area (TPSA) is 12.0 Å². The van der Waals surface area contributed by atoms with Gasteiger partial charge in [-0.05, 0) is 42.9 Å². The molecular weight excluding hydrogens is 282 g/mol. The molecule has 0 aliphatic heterocycles. The minimum absolute atomic E-state index is 0.342. The zero-order chi connectivity index (χ0) is 15.5. The fraction of sp³-hybridized carbons (Fsp3) is 0.625. The summed E-state index contributed by atoms with van der Waals surface area (Å²) in [6.07, 6.45) is 0.974. The third-order valence-electron chi connectivity index (χ3n) is 4.19. The van der Waals surface area contributed by atoms with Gasteiger partial charge >= 0.3 is 6.18 Å². The molecule has 1 aliphatic rings. The molecule has 1 saturated carbocycles. The Morgan fingerprint density at radius 1 is 1.14 bits per heavy atom. The quantitative estimate of drug-likeness (QED) is 0.618. The van der Waals surface area contributed by atoms with Crippen LogP contribution in [-0.2, 0) is 12.7 Å². The van der Waals surface area contributed by atoms with Crippen LogP contribution in [0, 0.1) is 11.7 Å². The molecule has 0 radical (unpaired) electrons. The van der Waals surface area contributed by atoms with Crippen molar-refractivity contribution in [2.75, 3.05) is 0 Å². The van der Waals surface area contributed by atoms with Crippen molar-refractivity contribution in [1.82, 2.24) is 5.32 Å². The maximum absolute atomic E-state index is 13.2. The van der Waals surface area contributed by atoms with Gasteiger partial charge in [0.1, 0.15) is 5.82 Å². The number of alkyl halides is 3. The number of hydrogen-bond donors (Lipinski definition) is 1. The maximum atomic E-state index is 13.2. The smallest absolute Gasteiger partial charge is 0.310 e. The molecule has 0 amide bonds. The van der Waals surface area contributed by atoms with E-state index in [1.54, 1.807) is 0 Å². The Morgan fingerprint density at radius 2 is 1.90 bits per heavy atom. The van der Waals surface area contributed by atoms with Gasteiger partial charge in [-0.15, -0.1) is 0 Å². The Labute approximate surface area is 122 Å². The van der Waals surface area contributed by atoms with Crippen LogP contribution in [0.4, 0.5) is 17.6 Å². The van der Waals surface area contributed by atoms with E-state index in [-0.39, 0.29) is 0 Å². The summed E-state index contributed by atoms with van der Waals surface area (Å²) in [7, 11) is 0. The van der Waals surface area contributed by atoms with E-state index >= 15 is 0 Å². The predicted molar refractivity (Wildman–Crippen MR) is 74.3 cm³/mol. The zero-order valence-electron chi connectivity index (χ0n) is 12.1. The van der Waals surface area contributed by atoms with E-state index in [4.69, 9.17) is 0 Å². The molecular formula is C16H21F4N. The number of hydrogen-bond acceptors (Lipinski definition) is 1. The van der Waals surface area contributed by atoms with Gasteiger partial charge in [0.25, 0.3) is 0 Å². The summed E-state index contributed by atoms with van der Waals surface area (Å²) >= 11 is 0. The van der Waals surface area contributed by atoms with Crippen molar-refractivity contribution in [3.05, 3.63) is 35.1 Å². The third kappa shape index (κ3) is 4.70. The Balaban J connectivity index is 1.97. The van der Waals surface area contributed by atoms with Crippen LogP contribution in [-0.4, -0.2) is 6.04 Å². The average molecular weight is 303 g/mol. The van der Waals surface area contributed by atoms with Crippen LogP contribution in [0.3, 0.4) is 0 Å². The van der Waals surface area contributed by atoms with Crippen molar-refractivity contribution >= 4 is 0 Å². The minimum atomic E-state index is -4.64. The summed E-state index contributed by atoms with van der Waals surface area (Å²) in [4.78, 5) is 0. The van der Waals surface area contributed by atoms with Crippen LogP contribution in [0.25, 0.3) is 0 Å². The summed E-state index contributed by atoms with van der Waals surface area (Å²) in [5, 5.41) is 3.31. The van der Waals surface area contributed by atoms with Crippen molar-refractivity contribution in [3.8, 4) is 0 Å². The van der Waals surface area contributed by atoms with E-state index in [0.29, 0.717) is 18.2 Å². The maximum Gasteiger partial charge on any atom is 0.419 e. The molecule has 5 heteroatoms. The van der Waals surface area contributed by atoms with E-state index < -0.39 is 17.6 Å². The van der Waals surface area contributed by atoms with Crippen LogP contribution in [0.15, 0.2) is 18.2 Å². The van der Waals surface area contributed by atoms with Gasteiger partial charge in [0.05, 0.1) is 5.56 Å². The molecule has 1 nitrogen and oxygen atoms in total. The van der Waals surface area contributed by atoms with Gasteiger partial charge in [0.15, 0.2) is 0 Å². The number of benzene rings is 1. The summed E-state index contributed by atoms with van der Waals surface area (Å²) in [5.74, 6) is -0.492. The van der Waals surface area contributed by atoms with Crippen molar-refractivity contribution < 1.29 is 17.6 Å². The molecule has 21 heavy (non-hydrogen) atoms. The summed E-state index contributed by atoms with van der Waals surface area (Å²) in [6, 6.07) is 3.56. The van der Waals surface area contributed by atoms with Crippen molar-refractivity contribution in [2.45, 2.75) is 57.8 Å². The molecule has 0 bridgehead atoms. The van der Waals surface area contributed by atoms with Crippen LogP contribution >= 0.6 is 0 Å². The fourth-order valence-electron chi connectivity index (χ4n) is 2.85. The summed E-state index contributed by atoms with van der Waals surface area (Å²) < 4.78 is 51.2. The first-order chi connectivity index (χ1) is 9.86. The molecule has 1 aromatic carbocycles. The average Bonchev–Trinajstić information content (AvgIpc) is 2.61. The van der Waals surface area contributed by atoms with Crippen LogP contribution in [0.1, 0.15) is 50.2 Å². The van der Waals surface area contributed by atoms with E-state index in [2.05, 4.69) is 12.2 Å². The molecule has 1 N–H and O–H groups in total. The third-order valence-corrected chi connectivity index (χ3v) is 4.19. The van der Waals surface area contributed by atoms with Gasteiger partial charge in [-0.1, -0.05) is 25.8 Å². The number of rotatable bonds is 3. The fourth-order valence-corrected chi connectivity index (χ4v) is 2.85. The Bertz CT molecular complexity index is 470. The summed E-state index contributed by atoms with van der Waals surface area (Å²) in [5.41, 5.74) is -0.711. The van der Waals surface area contributed by atoms with Gasteiger partial charge in [-0.25, -0.2) is 4.39 Å². The molecule has 1 aromatic rings. The van der Waals surface area contributed by atoms with E-state index in [1.807, 2.05) is 0 Å². The lowest BCUT2D eigenvalue weighted by Crippen LogP contribution is -2.28. The second kappa shape index (κ2) is 6.77. The predicted octanol–water partition coefficient (Wildman–Crippen LogP) is 4.90. The molecule has 1 fully saturated rings. The van der Waals surface area contributed by atoms with Crippen molar-refractivity contribution in [1.29, 1.82) is 0 Å². The monoisotopic (exact) mass is 303 g/mol. The van der Waals surface area contributed by atoms with Gasteiger partial charge in [-0.3, -0.25) is 0 Å². The highest BCUT2D eigenvalue weighted by atomic mass is 19.4. The zero-order valence-corrected chi connectivity index (χ0v) is 12.1. The van der Waals surface area contributed by atoms with Crippen LogP contribution < -0.4 is 5.32 Å². The van der Waals surface area contributed by atoms with Crippen LogP contribution in [0.2, 0.25) is 0 Å². The highest BCUT2D eigenvalue weighted by Gasteiger charge is 2.34. The first-order valence-electron chi connectivity index (χ1n) is 7.45. The molecule has 2 rings (SSSR count). The van der Waals surface area contributed by atoms with E-state index in [9.17, 15) is 17.6 Å². The Hall–Kier alpha value is -1.10. The normalized spacial score (nSPS) is 23.9. The molecule has 118 valence electrons. The molecule has 0 heterocycles. The largest absolute Gasteiger partial charge is 0.419 e. The highest BCUT2D eigenvalue weighted by molar-refractivity contribution is 5.27. The number of halogens is 4. The summed E-state index contributed by atoms with van der Waals surface area (Å²) in [6.45, 7) is 2.58. The van der Waals surface area contributed by atoms with Gasteiger partial charge in [0, 0.05) is 12.6 Å². The molecule has 1 aliphatic carbocycles. The molecule has 2 atom stereocenters.